The predicted molar refractivity (Wildman–Crippen MR) is 47.3 cm³/mol. The molecule has 2 N–H and O–H groups in total. The highest BCUT2D eigenvalue weighted by molar-refractivity contribution is 9.10. The average molecular weight is 212 g/mol. The van der Waals surface area contributed by atoms with E-state index in [1.54, 1.807) is 0 Å². The van der Waals surface area contributed by atoms with Crippen molar-refractivity contribution in [3.8, 4) is 0 Å². The zero-order chi connectivity index (χ0) is 7.84. The van der Waals surface area contributed by atoms with Crippen molar-refractivity contribution in [3.05, 3.63) is 29.0 Å². The van der Waals surface area contributed by atoms with E-state index in [4.69, 9.17) is 5.73 Å². The normalized spacial score (nSPS) is 10.6. The van der Waals surface area contributed by atoms with E-state index in [2.05, 4.69) is 20.9 Å². The summed E-state index contributed by atoms with van der Waals surface area (Å²) in [7, 11) is 0. The number of hydrogen-bond acceptors (Lipinski definition) is 2. The fourth-order valence-corrected chi connectivity index (χ4v) is 1.53. The van der Waals surface area contributed by atoms with E-state index in [1.165, 1.54) is 0 Å². The van der Waals surface area contributed by atoms with E-state index in [-0.39, 0.29) is 0 Å². The molecular weight excluding hydrogens is 206 g/mol. The summed E-state index contributed by atoms with van der Waals surface area (Å²) in [5.41, 5.74) is 6.59. The summed E-state index contributed by atoms with van der Waals surface area (Å²) < 4.78 is 2.61. The second kappa shape index (κ2) is 2.23. The van der Waals surface area contributed by atoms with E-state index < -0.39 is 0 Å². The number of aromatic nitrogens is 2. The zero-order valence-electron chi connectivity index (χ0n) is 5.66. The fraction of sp³-hybridized carbons (Fsp3) is 0. The summed E-state index contributed by atoms with van der Waals surface area (Å²) in [6.07, 6.45) is 1.88. The molecule has 0 bridgehead atoms. The Morgan fingerprint density at radius 3 is 3.00 bits per heavy atom. The molecule has 4 heteroatoms. The van der Waals surface area contributed by atoms with Gasteiger partial charge in [-0.2, -0.15) is 0 Å². The molecule has 0 saturated carbocycles. The number of nitrogens with zero attached hydrogens (tertiary/aromatic N) is 2. The number of anilines is 1. The van der Waals surface area contributed by atoms with Gasteiger partial charge in [0.05, 0.1) is 5.52 Å². The number of nitrogens with two attached hydrogens (primary N) is 1. The average Bonchev–Trinajstić information content (AvgIpc) is 2.30. The summed E-state index contributed by atoms with van der Waals surface area (Å²) in [6.45, 7) is 0. The van der Waals surface area contributed by atoms with Crippen LogP contribution in [0.25, 0.3) is 5.52 Å². The number of nitrogen functional groups attached to an aromatic ring is 1. The first kappa shape index (κ1) is 6.67. The largest absolute Gasteiger partial charge is 0.369 e. The maximum Gasteiger partial charge on any atom is 0.205 e. The van der Waals surface area contributed by atoms with E-state index in [0.717, 1.165) is 10.1 Å². The topological polar surface area (TPSA) is 43.3 Å². The molecule has 0 aliphatic carbocycles. The van der Waals surface area contributed by atoms with Gasteiger partial charge in [-0.1, -0.05) is 6.07 Å². The molecule has 56 valence electrons. The van der Waals surface area contributed by atoms with Crippen molar-refractivity contribution < 1.29 is 0 Å². The van der Waals surface area contributed by atoms with Crippen molar-refractivity contribution in [2.24, 2.45) is 0 Å². The highest BCUT2D eigenvalue weighted by Crippen LogP contribution is 2.18. The maximum atomic E-state index is 5.60. The van der Waals surface area contributed by atoms with E-state index in [9.17, 15) is 0 Å². The Labute approximate surface area is 72.0 Å². The number of imidazole rings is 1. The van der Waals surface area contributed by atoms with Gasteiger partial charge in [0.2, 0.25) is 5.95 Å². The van der Waals surface area contributed by atoms with Gasteiger partial charge in [0, 0.05) is 6.20 Å². The third kappa shape index (κ3) is 0.903. The molecule has 0 spiro atoms. The molecule has 11 heavy (non-hydrogen) atoms. The number of hydrogen-bond donors (Lipinski definition) is 1. The van der Waals surface area contributed by atoms with Crippen molar-refractivity contribution in [1.82, 2.24) is 9.38 Å². The molecular formula is C7H6BrN3. The quantitative estimate of drug-likeness (QED) is 0.721. The van der Waals surface area contributed by atoms with Crippen molar-refractivity contribution in [3.63, 3.8) is 0 Å². The van der Waals surface area contributed by atoms with Crippen LogP contribution < -0.4 is 5.73 Å². The Morgan fingerprint density at radius 2 is 2.27 bits per heavy atom. The second-order valence-corrected chi connectivity index (χ2v) is 2.97. The van der Waals surface area contributed by atoms with Crippen LogP contribution in [0.1, 0.15) is 0 Å². The SMILES string of the molecule is Nc1nc(Br)c2ccccn12. The van der Waals surface area contributed by atoms with Crippen LogP contribution in [0.3, 0.4) is 0 Å². The fourth-order valence-electron chi connectivity index (χ4n) is 1.02. The molecule has 0 unspecified atom stereocenters. The Bertz CT molecular complexity index is 357. The van der Waals surface area contributed by atoms with Crippen LogP contribution in [0.15, 0.2) is 29.0 Å². The summed E-state index contributed by atoms with van der Waals surface area (Å²) in [4.78, 5) is 4.05. The van der Waals surface area contributed by atoms with Crippen molar-refractivity contribution in [2.75, 3.05) is 5.73 Å². The Balaban J connectivity index is 2.95. The molecule has 0 radical (unpaired) electrons. The zero-order valence-corrected chi connectivity index (χ0v) is 7.25. The van der Waals surface area contributed by atoms with Crippen LogP contribution in [-0.2, 0) is 0 Å². The van der Waals surface area contributed by atoms with Gasteiger partial charge < -0.3 is 5.73 Å². The monoisotopic (exact) mass is 211 g/mol. The van der Waals surface area contributed by atoms with Crippen LogP contribution in [0.2, 0.25) is 0 Å². The summed E-state index contributed by atoms with van der Waals surface area (Å²) in [6, 6.07) is 5.81. The minimum Gasteiger partial charge on any atom is -0.369 e. The van der Waals surface area contributed by atoms with Crippen LogP contribution in [0.4, 0.5) is 5.95 Å². The molecule has 0 aromatic carbocycles. The predicted octanol–water partition coefficient (Wildman–Crippen LogP) is 1.68. The number of fused-ring (bicyclic) bond motifs is 1. The molecule has 2 rings (SSSR count). The van der Waals surface area contributed by atoms with Gasteiger partial charge in [0.1, 0.15) is 4.60 Å². The van der Waals surface area contributed by atoms with Crippen molar-refractivity contribution in [2.45, 2.75) is 0 Å². The summed E-state index contributed by atoms with van der Waals surface area (Å²) in [5.74, 6) is 0.507. The van der Waals surface area contributed by atoms with Crippen LogP contribution in [-0.4, -0.2) is 9.38 Å². The van der Waals surface area contributed by atoms with Gasteiger partial charge in [0.25, 0.3) is 0 Å². The third-order valence-corrected chi connectivity index (χ3v) is 2.11. The molecule has 0 fully saturated rings. The van der Waals surface area contributed by atoms with Crippen LogP contribution in [0.5, 0.6) is 0 Å². The standard InChI is InChI=1S/C7H6BrN3/c8-6-5-3-1-2-4-11(5)7(9)10-6/h1-4H,(H2,9,10). The Kier molecular flexibility index (Phi) is 1.35. The molecule has 3 nitrogen and oxygen atoms in total. The van der Waals surface area contributed by atoms with Gasteiger partial charge >= 0.3 is 0 Å². The van der Waals surface area contributed by atoms with Crippen LogP contribution in [0, 0.1) is 0 Å². The summed E-state index contributed by atoms with van der Waals surface area (Å²) in [5, 5.41) is 0. The Morgan fingerprint density at radius 1 is 1.45 bits per heavy atom. The molecule has 0 amide bonds. The first-order chi connectivity index (χ1) is 5.29. The molecule has 0 saturated heterocycles. The number of rotatable bonds is 0. The second-order valence-electron chi connectivity index (χ2n) is 2.22. The highest BCUT2D eigenvalue weighted by Gasteiger charge is 2.02. The van der Waals surface area contributed by atoms with Gasteiger partial charge in [-0.3, -0.25) is 4.40 Å². The number of pyridine rings is 1. The van der Waals surface area contributed by atoms with E-state index in [0.29, 0.717) is 5.95 Å². The van der Waals surface area contributed by atoms with Gasteiger partial charge in [-0.15, -0.1) is 0 Å². The van der Waals surface area contributed by atoms with Gasteiger partial charge in [-0.25, -0.2) is 4.98 Å². The van der Waals surface area contributed by atoms with Gasteiger partial charge in [0.15, 0.2) is 0 Å². The van der Waals surface area contributed by atoms with Gasteiger partial charge in [-0.05, 0) is 28.1 Å². The minimum atomic E-state index is 0.507. The molecule has 0 atom stereocenters. The lowest BCUT2D eigenvalue weighted by molar-refractivity contribution is 1.17. The maximum absolute atomic E-state index is 5.60. The molecule has 2 aromatic heterocycles. The Hall–Kier alpha value is -1.03. The highest BCUT2D eigenvalue weighted by atomic mass is 79.9. The number of halogens is 1. The lowest BCUT2D eigenvalue weighted by atomic mass is 10.4. The smallest absolute Gasteiger partial charge is 0.205 e. The van der Waals surface area contributed by atoms with E-state index >= 15 is 0 Å². The first-order valence-electron chi connectivity index (χ1n) is 3.17. The van der Waals surface area contributed by atoms with E-state index in [1.807, 2.05) is 28.8 Å². The van der Waals surface area contributed by atoms with Crippen LogP contribution >= 0.6 is 15.9 Å². The molecule has 2 aromatic rings. The minimum absolute atomic E-state index is 0.507. The lowest BCUT2D eigenvalue weighted by Crippen LogP contribution is -1.92. The van der Waals surface area contributed by atoms with Crippen molar-refractivity contribution >= 4 is 27.4 Å². The third-order valence-electron chi connectivity index (χ3n) is 1.53. The molecule has 0 aliphatic rings. The summed E-state index contributed by atoms with van der Waals surface area (Å²) >= 11 is 3.31. The molecule has 2 heterocycles. The first-order valence-corrected chi connectivity index (χ1v) is 3.96. The lowest BCUT2D eigenvalue weighted by Gasteiger charge is -1.92. The molecule has 0 aliphatic heterocycles. The van der Waals surface area contributed by atoms with Crippen molar-refractivity contribution in [1.29, 1.82) is 0 Å².